The topological polar surface area (TPSA) is 101 Å². The van der Waals surface area contributed by atoms with Gasteiger partial charge in [0.15, 0.2) is 0 Å². The number of benzene rings is 1. The number of carbonyl (C=O) groups excluding carboxylic acids is 1. The van der Waals surface area contributed by atoms with Crippen molar-refractivity contribution in [3.05, 3.63) is 34.4 Å². The van der Waals surface area contributed by atoms with Gasteiger partial charge in [0.1, 0.15) is 6.54 Å². The van der Waals surface area contributed by atoms with Crippen LogP contribution in [-0.2, 0) is 14.8 Å². The van der Waals surface area contributed by atoms with Gasteiger partial charge in [0.05, 0.1) is 16.9 Å². The molecule has 1 aromatic rings. The van der Waals surface area contributed by atoms with Gasteiger partial charge in [-0.25, -0.2) is 8.42 Å². The molecule has 1 aliphatic heterocycles. The van der Waals surface area contributed by atoms with E-state index in [0.717, 1.165) is 29.5 Å². The Morgan fingerprint density at radius 3 is 2.75 bits per heavy atom. The Hall–Kier alpha value is -2.16. The number of nitrogens with zero attached hydrogens (tertiary/aromatic N) is 3. The van der Waals surface area contributed by atoms with Crippen LogP contribution in [0.15, 0.2) is 24.3 Å². The number of piperidine rings is 1. The predicted molar refractivity (Wildman–Crippen MR) is 90.3 cm³/mol. The van der Waals surface area contributed by atoms with Gasteiger partial charge in [-0.15, -0.1) is 0 Å². The lowest BCUT2D eigenvalue weighted by molar-refractivity contribution is -0.384. The number of sulfonamides is 1. The van der Waals surface area contributed by atoms with Crippen molar-refractivity contribution in [2.24, 2.45) is 5.92 Å². The number of nitro groups is 1. The summed E-state index contributed by atoms with van der Waals surface area (Å²) in [5.74, 6) is 0.0886. The molecule has 0 aliphatic carbocycles. The highest BCUT2D eigenvalue weighted by Crippen LogP contribution is 2.24. The van der Waals surface area contributed by atoms with Gasteiger partial charge < -0.3 is 4.90 Å². The minimum Gasteiger partial charge on any atom is -0.341 e. The van der Waals surface area contributed by atoms with E-state index in [4.69, 9.17) is 0 Å². The van der Waals surface area contributed by atoms with E-state index in [2.05, 4.69) is 0 Å². The van der Waals surface area contributed by atoms with Crippen molar-refractivity contribution >= 4 is 27.3 Å². The second-order valence-electron chi connectivity index (χ2n) is 6.13. The molecule has 1 aliphatic rings. The SMILES string of the molecule is C[C@H]1CCCN(C(=O)CN(c2cccc([N+](=O)[O-])c2)S(C)(=O)=O)C1. The lowest BCUT2D eigenvalue weighted by atomic mass is 10.0. The Morgan fingerprint density at radius 2 is 2.17 bits per heavy atom. The molecule has 0 aromatic heterocycles. The van der Waals surface area contributed by atoms with Crippen molar-refractivity contribution in [1.82, 2.24) is 4.90 Å². The van der Waals surface area contributed by atoms with Crippen molar-refractivity contribution in [3.8, 4) is 0 Å². The van der Waals surface area contributed by atoms with Crippen LogP contribution in [-0.4, -0.2) is 50.0 Å². The van der Waals surface area contributed by atoms with Gasteiger partial charge in [-0.3, -0.25) is 19.2 Å². The van der Waals surface area contributed by atoms with Crippen LogP contribution in [0.1, 0.15) is 19.8 Å². The normalized spacial score (nSPS) is 18.2. The first kappa shape index (κ1) is 18.2. The molecule has 8 nitrogen and oxygen atoms in total. The molecular formula is C15H21N3O5S. The molecule has 0 radical (unpaired) electrons. The van der Waals surface area contributed by atoms with E-state index in [0.29, 0.717) is 19.0 Å². The van der Waals surface area contributed by atoms with Crippen LogP contribution in [0.3, 0.4) is 0 Å². The number of carbonyl (C=O) groups is 1. The Balaban J connectivity index is 2.25. The van der Waals surface area contributed by atoms with Crippen molar-refractivity contribution < 1.29 is 18.1 Å². The zero-order valence-electron chi connectivity index (χ0n) is 13.7. The number of hydrogen-bond acceptors (Lipinski definition) is 5. The molecule has 2 rings (SSSR count). The third-order valence-electron chi connectivity index (χ3n) is 4.02. The molecule has 132 valence electrons. The monoisotopic (exact) mass is 355 g/mol. The van der Waals surface area contributed by atoms with E-state index in [1.54, 1.807) is 4.90 Å². The second kappa shape index (κ2) is 7.16. The van der Waals surface area contributed by atoms with Crippen LogP contribution in [0.2, 0.25) is 0 Å². The summed E-state index contributed by atoms with van der Waals surface area (Å²) < 4.78 is 25.1. The van der Waals surface area contributed by atoms with Gasteiger partial charge in [0.2, 0.25) is 15.9 Å². The first-order chi connectivity index (χ1) is 11.2. The molecular weight excluding hydrogens is 334 g/mol. The molecule has 1 atom stereocenters. The lowest BCUT2D eigenvalue weighted by Gasteiger charge is -2.32. The molecule has 0 bridgehead atoms. The number of hydrogen-bond donors (Lipinski definition) is 0. The summed E-state index contributed by atoms with van der Waals surface area (Å²) in [6, 6.07) is 5.28. The van der Waals surface area contributed by atoms with Gasteiger partial charge in [-0.2, -0.15) is 0 Å². The summed E-state index contributed by atoms with van der Waals surface area (Å²) >= 11 is 0. The number of anilines is 1. The van der Waals surface area contributed by atoms with Gasteiger partial charge >= 0.3 is 0 Å². The first-order valence-corrected chi connectivity index (χ1v) is 9.53. The van der Waals surface area contributed by atoms with Crippen molar-refractivity contribution in [3.63, 3.8) is 0 Å². The third-order valence-corrected chi connectivity index (χ3v) is 5.16. The van der Waals surface area contributed by atoms with Gasteiger partial charge in [-0.05, 0) is 24.8 Å². The maximum Gasteiger partial charge on any atom is 0.271 e. The fourth-order valence-corrected chi connectivity index (χ4v) is 3.64. The van der Waals surface area contributed by atoms with Crippen LogP contribution < -0.4 is 4.31 Å². The van der Waals surface area contributed by atoms with E-state index < -0.39 is 14.9 Å². The molecule has 24 heavy (non-hydrogen) atoms. The van der Waals surface area contributed by atoms with Gasteiger partial charge in [0.25, 0.3) is 5.69 Å². The van der Waals surface area contributed by atoms with Gasteiger partial charge in [-0.1, -0.05) is 13.0 Å². The van der Waals surface area contributed by atoms with E-state index in [9.17, 15) is 23.3 Å². The molecule has 0 unspecified atom stereocenters. The van der Waals surface area contributed by atoms with Crippen LogP contribution in [0.5, 0.6) is 0 Å². The Labute approximate surface area is 141 Å². The Kier molecular flexibility index (Phi) is 5.43. The van der Waals surface area contributed by atoms with Crippen LogP contribution >= 0.6 is 0 Å². The lowest BCUT2D eigenvalue weighted by Crippen LogP contribution is -2.46. The summed E-state index contributed by atoms with van der Waals surface area (Å²) in [5, 5.41) is 10.9. The molecule has 1 fully saturated rings. The maximum absolute atomic E-state index is 12.5. The summed E-state index contributed by atoms with van der Waals surface area (Å²) in [6.45, 7) is 2.90. The van der Waals surface area contributed by atoms with E-state index in [1.165, 1.54) is 18.2 Å². The number of non-ortho nitro benzene ring substituents is 1. The number of nitro benzene ring substituents is 1. The first-order valence-electron chi connectivity index (χ1n) is 7.68. The smallest absolute Gasteiger partial charge is 0.271 e. The molecule has 9 heteroatoms. The average molecular weight is 355 g/mol. The fraction of sp³-hybridized carbons (Fsp3) is 0.533. The molecule has 0 N–H and O–H groups in total. The highest BCUT2D eigenvalue weighted by Gasteiger charge is 2.27. The standard InChI is InChI=1S/C15H21N3O5S/c1-12-5-4-8-16(10-12)15(19)11-17(24(2,22)23)13-6-3-7-14(9-13)18(20)21/h3,6-7,9,12H,4-5,8,10-11H2,1-2H3/t12-/m0/s1. The second-order valence-corrected chi connectivity index (χ2v) is 8.04. The number of amides is 1. The molecule has 1 heterocycles. The fourth-order valence-electron chi connectivity index (χ4n) is 2.80. The summed E-state index contributed by atoms with van der Waals surface area (Å²) in [4.78, 5) is 24.4. The van der Waals surface area contributed by atoms with Crippen LogP contribution in [0, 0.1) is 16.0 Å². The molecule has 1 aromatic carbocycles. The summed E-state index contributed by atoms with van der Waals surface area (Å²) in [5.41, 5.74) is -0.106. The third kappa shape index (κ3) is 4.44. The molecule has 1 saturated heterocycles. The van der Waals surface area contributed by atoms with Crippen molar-refractivity contribution in [1.29, 1.82) is 0 Å². The predicted octanol–water partition coefficient (Wildman–Crippen LogP) is 1.62. The molecule has 1 amide bonds. The summed E-state index contributed by atoms with van der Waals surface area (Å²) in [7, 11) is -3.74. The quantitative estimate of drug-likeness (QED) is 0.590. The van der Waals surface area contributed by atoms with E-state index >= 15 is 0 Å². The van der Waals surface area contributed by atoms with E-state index in [-0.39, 0.29) is 23.8 Å². The van der Waals surface area contributed by atoms with Crippen LogP contribution in [0.4, 0.5) is 11.4 Å². The Bertz CT molecular complexity index is 734. The highest BCUT2D eigenvalue weighted by molar-refractivity contribution is 7.92. The number of rotatable bonds is 5. The largest absolute Gasteiger partial charge is 0.341 e. The Morgan fingerprint density at radius 1 is 1.46 bits per heavy atom. The van der Waals surface area contributed by atoms with E-state index in [1.807, 2.05) is 6.92 Å². The number of likely N-dealkylation sites (tertiary alicyclic amines) is 1. The minimum absolute atomic E-state index is 0.116. The average Bonchev–Trinajstić information content (AvgIpc) is 2.51. The van der Waals surface area contributed by atoms with Crippen molar-refractivity contribution in [2.45, 2.75) is 19.8 Å². The van der Waals surface area contributed by atoms with Gasteiger partial charge in [0, 0.05) is 25.2 Å². The van der Waals surface area contributed by atoms with Crippen molar-refractivity contribution in [2.75, 3.05) is 30.2 Å². The zero-order valence-corrected chi connectivity index (χ0v) is 14.5. The summed E-state index contributed by atoms with van der Waals surface area (Å²) in [6.07, 6.45) is 2.92. The minimum atomic E-state index is -3.74. The molecule has 0 spiro atoms. The molecule has 0 saturated carbocycles. The maximum atomic E-state index is 12.5. The highest BCUT2D eigenvalue weighted by atomic mass is 32.2. The van der Waals surface area contributed by atoms with Crippen LogP contribution in [0.25, 0.3) is 0 Å². The zero-order chi connectivity index (χ0) is 17.9.